The zero-order valence-electron chi connectivity index (χ0n) is 23.9. The fraction of sp³-hybridized carbons (Fsp3) is 0.531. The van der Waals surface area contributed by atoms with Gasteiger partial charge in [-0.05, 0) is 65.7 Å². The van der Waals surface area contributed by atoms with E-state index in [2.05, 4.69) is 18.9 Å². The molecule has 1 heterocycles. The third-order valence-electron chi connectivity index (χ3n) is 10.7. The SMILES string of the molecule is CC1=C[C@]23C(=O)[C@@H](C=C(CO)[C@@H](O)[C@]2(O)[C@H]1OC(=O)c1c(-c2ccccc2C)cnn1C)[C@H]1[C@@H](C[C@H]3C)C1(C)C. The van der Waals surface area contributed by atoms with Gasteiger partial charge in [0.1, 0.15) is 6.10 Å². The summed E-state index contributed by atoms with van der Waals surface area (Å²) >= 11 is 0. The lowest BCUT2D eigenvalue weighted by atomic mass is 9.59. The van der Waals surface area contributed by atoms with Crippen LogP contribution in [0.5, 0.6) is 0 Å². The number of fused-ring (bicyclic) bond motifs is 3. The van der Waals surface area contributed by atoms with Crippen molar-refractivity contribution in [2.75, 3.05) is 6.61 Å². The number of carbonyl (C=O) groups is 2. The van der Waals surface area contributed by atoms with Crippen molar-refractivity contribution in [1.29, 1.82) is 0 Å². The maximum Gasteiger partial charge on any atom is 0.357 e. The highest BCUT2D eigenvalue weighted by atomic mass is 16.6. The van der Waals surface area contributed by atoms with Crippen LogP contribution in [0.15, 0.2) is 53.8 Å². The van der Waals surface area contributed by atoms with Crippen molar-refractivity contribution in [3.63, 3.8) is 0 Å². The quantitative estimate of drug-likeness (QED) is 0.397. The number of hydrogen-bond donors (Lipinski definition) is 3. The average Bonchev–Trinajstić information content (AvgIpc) is 3.16. The van der Waals surface area contributed by atoms with E-state index < -0.39 is 41.7 Å². The number of aromatic nitrogens is 2. The molecule has 0 amide bonds. The topological polar surface area (TPSA) is 122 Å². The van der Waals surface area contributed by atoms with E-state index in [1.807, 2.05) is 38.1 Å². The second kappa shape index (κ2) is 8.71. The summed E-state index contributed by atoms with van der Waals surface area (Å²) in [6, 6.07) is 7.64. The van der Waals surface area contributed by atoms with Crippen molar-refractivity contribution in [3.8, 4) is 11.1 Å². The molecule has 212 valence electrons. The number of carbonyl (C=O) groups excluding carboxylic acids is 2. The number of nitrogens with zero attached hydrogens (tertiary/aromatic N) is 2. The molecule has 1 aromatic heterocycles. The van der Waals surface area contributed by atoms with Crippen LogP contribution in [0.1, 0.15) is 50.2 Å². The van der Waals surface area contributed by atoms with Gasteiger partial charge in [0.05, 0.1) is 18.2 Å². The predicted octanol–water partition coefficient (Wildman–Crippen LogP) is 3.39. The van der Waals surface area contributed by atoms with Crippen LogP contribution in [-0.4, -0.2) is 61.3 Å². The van der Waals surface area contributed by atoms with Crippen molar-refractivity contribution < 1.29 is 29.6 Å². The summed E-state index contributed by atoms with van der Waals surface area (Å²) in [5.41, 5.74) is -0.459. The molecular weight excluding hydrogens is 508 g/mol. The first-order valence-electron chi connectivity index (χ1n) is 14.1. The lowest BCUT2D eigenvalue weighted by Crippen LogP contribution is -2.65. The number of rotatable bonds is 4. The summed E-state index contributed by atoms with van der Waals surface area (Å²) < 4.78 is 7.54. The van der Waals surface area contributed by atoms with Crippen molar-refractivity contribution >= 4 is 11.8 Å². The van der Waals surface area contributed by atoms with Gasteiger partial charge < -0.3 is 20.1 Å². The van der Waals surface area contributed by atoms with Crippen LogP contribution in [0.25, 0.3) is 11.1 Å². The molecule has 4 aliphatic carbocycles. The fourth-order valence-corrected chi connectivity index (χ4v) is 8.51. The van der Waals surface area contributed by atoms with E-state index in [0.29, 0.717) is 17.6 Å². The number of aliphatic hydroxyl groups excluding tert-OH is 2. The number of hydrogen-bond acceptors (Lipinski definition) is 7. The highest BCUT2D eigenvalue weighted by Gasteiger charge is 2.76. The number of ketones is 1. The first-order valence-corrected chi connectivity index (χ1v) is 14.1. The molecule has 40 heavy (non-hydrogen) atoms. The zero-order chi connectivity index (χ0) is 28.9. The van der Waals surface area contributed by atoms with Gasteiger partial charge in [-0.1, -0.05) is 57.2 Å². The van der Waals surface area contributed by atoms with Gasteiger partial charge in [0.15, 0.2) is 23.2 Å². The van der Waals surface area contributed by atoms with E-state index in [-0.39, 0.29) is 40.2 Å². The second-order valence-corrected chi connectivity index (χ2v) is 13.0. The Labute approximate surface area is 234 Å². The van der Waals surface area contributed by atoms with E-state index in [1.165, 1.54) is 4.68 Å². The molecule has 1 spiro atoms. The minimum atomic E-state index is -2.19. The summed E-state index contributed by atoms with van der Waals surface area (Å²) in [5, 5.41) is 39.0. The predicted molar refractivity (Wildman–Crippen MR) is 148 cm³/mol. The highest BCUT2D eigenvalue weighted by molar-refractivity contribution is 5.98. The summed E-state index contributed by atoms with van der Waals surface area (Å²) in [7, 11) is 1.65. The summed E-state index contributed by atoms with van der Waals surface area (Å²) in [6.45, 7) is 9.40. The number of aryl methyl sites for hydroxylation is 2. The normalized spacial score (nSPS) is 37.5. The first kappa shape index (κ1) is 27.1. The zero-order valence-corrected chi connectivity index (χ0v) is 23.9. The van der Waals surface area contributed by atoms with Gasteiger partial charge in [0.25, 0.3) is 0 Å². The molecule has 2 saturated carbocycles. The van der Waals surface area contributed by atoms with Gasteiger partial charge in [0, 0.05) is 18.5 Å². The Morgan fingerprint density at radius 1 is 1.20 bits per heavy atom. The minimum Gasteiger partial charge on any atom is -0.450 e. The Hall–Kier alpha value is -3.07. The molecule has 2 aromatic rings. The van der Waals surface area contributed by atoms with Crippen LogP contribution < -0.4 is 0 Å². The second-order valence-electron chi connectivity index (χ2n) is 13.0. The fourth-order valence-electron chi connectivity index (χ4n) is 8.51. The standard InChI is InChI=1S/C32H38N2O6/c1-16-9-7-8-10-20(16)22-14-33-34(6)25(22)29(38)40-28-17(2)13-31-18(3)11-23-24(30(23,4)5)21(27(31)37)12-19(15-35)26(36)32(28,31)39/h7-10,12-14,18,21,23-24,26,28,35-36,39H,11,15H2,1-6H3/t18-,21+,23-,24+,26-,28+,31+,32+/m1/s1. The molecular formula is C32H38N2O6. The Balaban J connectivity index is 1.45. The van der Waals surface area contributed by atoms with Crippen LogP contribution in [0.4, 0.5) is 0 Å². The van der Waals surface area contributed by atoms with E-state index in [1.54, 1.807) is 32.3 Å². The monoisotopic (exact) mass is 546 g/mol. The van der Waals surface area contributed by atoms with Crippen molar-refractivity contribution in [2.24, 2.45) is 41.5 Å². The minimum absolute atomic E-state index is 0.0549. The number of allylic oxidation sites excluding steroid dienone is 1. The van der Waals surface area contributed by atoms with Gasteiger partial charge in [-0.3, -0.25) is 9.48 Å². The summed E-state index contributed by atoms with van der Waals surface area (Å²) in [5.74, 6) is -1.46. The largest absolute Gasteiger partial charge is 0.450 e. The molecule has 0 aliphatic heterocycles. The summed E-state index contributed by atoms with van der Waals surface area (Å²) in [6.07, 6.45) is 2.80. The lowest BCUT2D eigenvalue weighted by Gasteiger charge is -2.48. The van der Waals surface area contributed by atoms with Crippen LogP contribution >= 0.6 is 0 Å². The number of benzene rings is 1. The van der Waals surface area contributed by atoms with Crippen LogP contribution in [-0.2, 0) is 16.6 Å². The molecule has 0 radical (unpaired) electrons. The van der Waals surface area contributed by atoms with Gasteiger partial charge in [-0.15, -0.1) is 0 Å². The van der Waals surface area contributed by atoms with Crippen LogP contribution in [0.3, 0.4) is 0 Å². The molecule has 3 N–H and O–H groups in total. The number of ether oxygens (including phenoxy) is 1. The Morgan fingerprint density at radius 3 is 2.58 bits per heavy atom. The molecule has 1 aromatic carbocycles. The molecule has 8 nitrogen and oxygen atoms in total. The Kier molecular flexibility index (Phi) is 5.91. The van der Waals surface area contributed by atoms with Gasteiger partial charge in [0.2, 0.25) is 0 Å². The molecule has 8 heteroatoms. The van der Waals surface area contributed by atoms with Crippen LogP contribution in [0, 0.1) is 41.4 Å². The van der Waals surface area contributed by atoms with E-state index in [9.17, 15) is 24.9 Å². The number of Topliss-reactive ketones (excluding diaryl/α,β-unsaturated/α-hetero) is 1. The number of aliphatic hydroxyl groups is 3. The van der Waals surface area contributed by atoms with Crippen molar-refractivity contribution in [2.45, 2.75) is 58.8 Å². The first-order chi connectivity index (χ1) is 18.8. The van der Waals surface area contributed by atoms with Crippen molar-refractivity contribution in [1.82, 2.24) is 9.78 Å². The average molecular weight is 547 g/mol. The van der Waals surface area contributed by atoms with Crippen molar-refractivity contribution in [3.05, 3.63) is 65.0 Å². The maximum atomic E-state index is 14.5. The molecule has 4 aliphatic rings. The maximum absolute atomic E-state index is 14.5. The Bertz CT molecular complexity index is 1490. The molecule has 0 unspecified atom stereocenters. The van der Waals surface area contributed by atoms with Crippen LogP contribution in [0.2, 0.25) is 0 Å². The molecule has 2 fully saturated rings. The van der Waals surface area contributed by atoms with Gasteiger partial charge >= 0.3 is 5.97 Å². The molecule has 0 saturated heterocycles. The molecule has 2 bridgehead atoms. The van der Waals surface area contributed by atoms with Gasteiger partial charge in [-0.2, -0.15) is 5.10 Å². The third kappa shape index (κ3) is 3.27. The third-order valence-corrected chi connectivity index (χ3v) is 10.7. The van der Waals surface area contributed by atoms with E-state index in [4.69, 9.17) is 4.74 Å². The highest BCUT2D eigenvalue weighted by Crippen LogP contribution is 2.71. The molecule has 6 rings (SSSR count). The Morgan fingerprint density at radius 2 is 1.90 bits per heavy atom. The smallest absolute Gasteiger partial charge is 0.357 e. The molecule has 8 atom stereocenters. The summed E-state index contributed by atoms with van der Waals surface area (Å²) in [4.78, 5) is 28.4. The number of esters is 1. The lowest BCUT2D eigenvalue weighted by molar-refractivity contribution is -0.190. The van der Waals surface area contributed by atoms with Gasteiger partial charge in [-0.25, -0.2) is 4.79 Å². The van der Waals surface area contributed by atoms with E-state index in [0.717, 1.165) is 11.1 Å². The van der Waals surface area contributed by atoms with E-state index >= 15 is 0 Å².